The fourth-order valence-corrected chi connectivity index (χ4v) is 2.54. The normalized spacial score (nSPS) is 15.5. The SMILES string of the molecule is CC(NC(=O)C(NC(=O)c1ccc(N2C(=O)C=CC2=O)cc1)C(C)C)C(=O)O. The minimum atomic E-state index is -1.18. The molecule has 3 N–H and O–H groups in total. The topological polar surface area (TPSA) is 133 Å². The second kappa shape index (κ2) is 8.47. The molecular weight excluding hydrogens is 366 g/mol. The van der Waals surface area contributed by atoms with Crippen molar-refractivity contribution in [1.29, 1.82) is 0 Å². The molecule has 1 heterocycles. The Bertz CT molecular complexity index is 826. The largest absolute Gasteiger partial charge is 0.480 e. The minimum Gasteiger partial charge on any atom is -0.480 e. The van der Waals surface area contributed by atoms with Crippen LogP contribution in [0.15, 0.2) is 36.4 Å². The Kier molecular flexibility index (Phi) is 6.29. The molecule has 0 saturated heterocycles. The van der Waals surface area contributed by atoms with Crippen LogP contribution in [-0.2, 0) is 19.2 Å². The maximum absolute atomic E-state index is 12.5. The van der Waals surface area contributed by atoms with E-state index in [1.54, 1.807) is 13.8 Å². The van der Waals surface area contributed by atoms with Gasteiger partial charge < -0.3 is 15.7 Å². The zero-order chi connectivity index (χ0) is 21.0. The molecule has 4 amide bonds. The molecular formula is C19H21N3O6. The van der Waals surface area contributed by atoms with E-state index in [-0.39, 0.29) is 11.5 Å². The molecule has 0 aromatic heterocycles. The van der Waals surface area contributed by atoms with Crippen LogP contribution in [0.1, 0.15) is 31.1 Å². The summed E-state index contributed by atoms with van der Waals surface area (Å²) in [5.74, 6) is -3.54. The van der Waals surface area contributed by atoms with Gasteiger partial charge in [-0.25, -0.2) is 4.90 Å². The summed E-state index contributed by atoms with van der Waals surface area (Å²) in [6, 6.07) is 3.75. The lowest BCUT2D eigenvalue weighted by Gasteiger charge is -2.23. The lowest BCUT2D eigenvalue weighted by molar-refractivity contribution is -0.141. The number of hydrogen-bond donors (Lipinski definition) is 3. The van der Waals surface area contributed by atoms with Gasteiger partial charge in [-0.2, -0.15) is 0 Å². The Labute approximate surface area is 161 Å². The maximum Gasteiger partial charge on any atom is 0.325 e. The van der Waals surface area contributed by atoms with E-state index in [0.717, 1.165) is 17.1 Å². The average Bonchev–Trinajstić information content (AvgIpc) is 2.97. The number of carbonyl (C=O) groups is 5. The van der Waals surface area contributed by atoms with E-state index in [2.05, 4.69) is 10.6 Å². The Hall–Kier alpha value is -3.49. The van der Waals surface area contributed by atoms with Gasteiger partial charge in [0, 0.05) is 17.7 Å². The maximum atomic E-state index is 12.5. The number of carboxylic acids is 1. The van der Waals surface area contributed by atoms with Crippen LogP contribution in [0.25, 0.3) is 0 Å². The monoisotopic (exact) mass is 387 g/mol. The smallest absolute Gasteiger partial charge is 0.325 e. The molecule has 9 nitrogen and oxygen atoms in total. The summed E-state index contributed by atoms with van der Waals surface area (Å²) in [5, 5.41) is 13.8. The van der Waals surface area contributed by atoms with Gasteiger partial charge in [0.05, 0.1) is 5.69 Å². The van der Waals surface area contributed by atoms with E-state index >= 15 is 0 Å². The van der Waals surface area contributed by atoms with Crippen molar-refractivity contribution in [2.75, 3.05) is 4.90 Å². The average molecular weight is 387 g/mol. The molecule has 0 fully saturated rings. The lowest BCUT2D eigenvalue weighted by atomic mass is 10.0. The molecule has 0 radical (unpaired) electrons. The minimum absolute atomic E-state index is 0.223. The highest BCUT2D eigenvalue weighted by atomic mass is 16.4. The van der Waals surface area contributed by atoms with Crippen molar-refractivity contribution in [2.45, 2.75) is 32.9 Å². The molecule has 2 rings (SSSR count). The first kappa shape index (κ1) is 20.8. The molecule has 28 heavy (non-hydrogen) atoms. The molecule has 2 atom stereocenters. The molecule has 0 bridgehead atoms. The van der Waals surface area contributed by atoms with Gasteiger partial charge >= 0.3 is 5.97 Å². The van der Waals surface area contributed by atoms with E-state index in [9.17, 15) is 24.0 Å². The van der Waals surface area contributed by atoms with Gasteiger partial charge in [-0.15, -0.1) is 0 Å². The first-order valence-corrected chi connectivity index (χ1v) is 8.62. The number of imide groups is 1. The summed E-state index contributed by atoms with van der Waals surface area (Å²) >= 11 is 0. The van der Waals surface area contributed by atoms with Crippen molar-refractivity contribution in [1.82, 2.24) is 10.6 Å². The standard InChI is InChI=1S/C19H21N3O6/c1-10(2)16(18(26)20-11(3)19(27)28)21-17(25)12-4-6-13(7-5-12)22-14(23)8-9-15(22)24/h4-11,16H,1-3H3,(H,20,26)(H,21,25)(H,27,28). The summed E-state index contributed by atoms with van der Waals surface area (Å²) in [6.07, 6.45) is 2.32. The van der Waals surface area contributed by atoms with Crippen molar-refractivity contribution >= 4 is 35.3 Å². The van der Waals surface area contributed by atoms with Gasteiger partial charge in [-0.1, -0.05) is 13.8 Å². The highest BCUT2D eigenvalue weighted by Gasteiger charge is 2.28. The second-order valence-corrected chi connectivity index (χ2v) is 6.66. The molecule has 1 aliphatic heterocycles. The van der Waals surface area contributed by atoms with Gasteiger partial charge in [-0.05, 0) is 37.1 Å². The lowest BCUT2D eigenvalue weighted by Crippen LogP contribution is -2.53. The van der Waals surface area contributed by atoms with Gasteiger partial charge in [0.15, 0.2) is 0 Å². The van der Waals surface area contributed by atoms with Crippen molar-refractivity contribution in [2.24, 2.45) is 5.92 Å². The number of hydrogen-bond acceptors (Lipinski definition) is 5. The zero-order valence-corrected chi connectivity index (χ0v) is 15.6. The van der Waals surface area contributed by atoms with Crippen molar-refractivity contribution in [3.8, 4) is 0 Å². The second-order valence-electron chi connectivity index (χ2n) is 6.66. The van der Waals surface area contributed by atoms with Crippen molar-refractivity contribution in [3.05, 3.63) is 42.0 Å². The number of rotatable bonds is 7. The van der Waals surface area contributed by atoms with E-state index in [1.807, 2.05) is 0 Å². The van der Waals surface area contributed by atoms with Gasteiger partial charge in [0.1, 0.15) is 12.1 Å². The van der Waals surface area contributed by atoms with Crippen LogP contribution in [0.5, 0.6) is 0 Å². The first-order chi connectivity index (χ1) is 13.1. The van der Waals surface area contributed by atoms with E-state index in [1.165, 1.54) is 31.2 Å². The molecule has 1 aromatic carbocycles. The molecule has 2 unspecified atom stereocenters. The van der Waals surface area contributed by atoms with E-state index in [0.29, 0.717) is 5.69 Å². The molecule has 1 aromatic rings. The van der Waals surface area contributed by atoms with Crippen LogP contribution in [0.2, 0.25) is 0 Å². The third kappa shape index (κ3) is 4.61. The number of nitrogens with zero attached hydrogens (tertiary/aromatic N) is 1. The van der Waals surface area contributed by atoms with Crippen molar-refractivity contribution < 1.29 is 29.1 Å². The van der Waals surface area contributed by atoms with Gasteiger partial charge in [-0.3, -0.25) is 24.0 Å². The first-order valence-electron chi connectivity index (χ1n) is 8.62. The predicted molar refractivity (Wildman–Crippen MR) is 99.4 cm³/mol. The Balaban J connectivity index is 2.09. The van der Waals surface area contributed by atoms with Crippen LogP contribution in [0.3, 0.4) is 0 Å². The fourth-order valence-electron chi connectivity index (χ4n) is 2.54. The Morgan fingerprint density at radius 1 is 0.929 bits per heavy atom. The number of nitrogens with one attached hydrogen (secondary N) is 2. The van der Waals surface area contributed by atoms with Crippen LogP contribution in [-0.4, -0.2) is 46.8 Å². The van der Waals surface area contributed by atoms with Crippen molar-refractivity contribution in [3.63, 3.8) is 0 Å². The number of carboxylic acid groups (broad SMARTS) is 1. The quantitative estimate of drug-likeness (QED) is 0.582. The van der Waals surface area contributed by atoms with Gasteiger partial charge in [0.2, 0.25) is 5.91 Å². The Morgan fingerprint density at radius 3 is 1.93 bits per heavy atom. The summed E-state index contributed by atoms with van der Waals surface area (Å²) < 4.78 is 0. The molecule has 0 spiro atoms. The highest BCUT2D eigenvalue weighted by Crippen LogP contribution is 2.19. The van der Waals surface area contributed by atoms with Crippen LogP contribution in [0.4, 0.5) is 5.69 Å². The summed E-state index contributed by atoms with van der Waals surface area (Å²) in [7, 11) is 0. The molecule has 1 aliphatic rings. The van der Waals surface area contributed by atoms with Crippen LogP contribution in [0, 0.1) is 5.92 Å². The molecule has 0 saturated carbocycles. The number of amides is 4. The van der Waals surface area contributed by atoms with E-state index < -0.39 is 41.7 Å². The fraction of sp³-hybridized carbons (Fsp3) is 0.316. The summed E-state index contributed by atoms with van der Waals surface area (Å²) in [4.78, 5) is 60.0. The van der Waals surface area contributed by atoms with Gasteiger partial charge in [0.25, 0.3) is 17.7 Å². The molecule has 9 heteroatoms. The number of anilines is 1. The number of benzene rings is 1. The van der Waals surface area contributed by atoms with Crippen LogP contribution < -0.4 is 15.5 Å². The summed E-state index contributed by atoms with van der Waals surface area (Å²) in [6.45, 7) is 4.77. The number of aliphatic carboxylic acids is 1. The third-order valence-electron chi connectivity index (χ3n) is 4.16. The highest BCUT2D eigenvalue weighted by molar-refractivity contribution is 6.28. The van der Waals surface area contributed by atoms with Crippen LogP contribution >= 0.6 is 0 Å². The zero-order valence-electron chi connectivity index (χ0n) is 15.6. The molecule has 148 valence electrons. The number of carbonyl (C=O) groups excluding carboxylic acids is 4. The Morgan fingerprint density at radius 2 is 1.46 bits per heavy atom. The molecule has 0 aliphatic carbocycles. The van der Waals surface area contributed by atoms with E-state index in [4.69, 9.17) is 5.11 Å². The third-order valence-corrected chi connectivity index (χ3v) is 4.16. The predicted octanol–water partition coefficient (Wildman–Crippen LogP) is 0.460. The summed E-state index contributed by atoms with van der Waals surface area (Å²) in [5.41, 5.74) is 0.547.